The lowest BCUT2D eigenvalue weighted by Gasteiger charge is -2.20. The molecule has 0 fully saturated rings. The van der Waals surface area contributed by atoms with E-state index in [-0.39, 0.29) is 5.91 Å². The van der Waals surface area contributed by atoms with E-state index in [1.807, 2.05) is 24.3 Å². The fourth-order valence-electron chi connectivity index (χ4n) is 2.97. The van der Waals surface area contributed by atoms with Gasteiger partial charge in [0.25, 0.3) is 5.91 Å². The van der Waals surface area contributed by atoms with Gasteiger partial charge in [0, 0.05) is 22.4 Å². The number of nitrogens with one attached hydrogen (secondary N) is 1. The van der Waals surface area contributed by atoms with Crippen LogP contribution in [0.3, 0.4) is 0 Å². The zero-order chi connectivity index (χ0) is 19.2. The minimum absolute atomic E-state index is 0.330. The first kappa shape index (κ1) is 18.5. The minimum atomic E-state index is -1.09. The third-order valence-corrected chi connectivity index (χ3v) is 4.27. The van der Waals surface area contributed by atoms with Gasteiger partial charge in [-0.25, -0.2) is 0 Å². The minimum Gasteiger partial charge on any atom is -0.496 e. The maximum Gasteiger partial charge on any atom is 0.256 e. The Labute approximate surface area is 158 Å². The Bertz CT molecular complexity index is 925. The van der Waals surface area contributed by atoms with E-state index < -0.39 is 6.10 Å². The highest BCUT2D eigenvalue weighted by molar-refractivity contribution is 6.06. The molecule has 1 unspecified atom stereocenters. The molecule has 0 saturated heterocycles. The molecule has 5 nitrogen and oxygen atoms in total. The van der Waals surface area contributed by atoms with Gasteiger partial charge in [-0.2, -0.15) is 0 Å². The molecule has 0 aliphatic heterocycles. The molecule has 138 valence electrons. The van der Waals surface area contributed by atoms with Crippen LogP contribution in [0.15, 0.2) is 72.8 Å². The number of anilines is 1. The van der Waals surface area contributed by atoms with Crippen molar-refractivity contribution >= 4 is 11.6 Å². The van der Waals surface area contributed by atoms with Gasteiger partial charge in [0.2, 0.25) is 0 Å². The van der Waals surface area contributed by atoms with Gasteiger partial charge in [-0.1, -0.05) is 42.5 Å². The van der Waals surface area contributed by atoms with E-state index >= 15 is 0 Å². The number of para-hydroxylation sites is 2. The van der Waals surface area contributed by atoms with Crippen molar-refractivity contribution in [2.75, 3.05) is 19.5 Å². The quantitative estimate of drug-likeness (QED) is 0.694. The molecule has 27 heavy (non-hydrogen) atoms. The molecule has 0 spiro atoms. The fraction of sp³-hybridized carbons (Fsp3) is 0.136. The van der Waals surface area contributed by atoms with Gasteiger partial charge >= 0.3 is 0 Å². The Morgan fingerprint density at radius 3 is 2.19 bits per heavy atom. The topological polar surface area (TPSA) is 67.8 Å². The molecule has 3 rings (SSSR count). The maximum atomic E-state index is 12.9. The lowest BCUT2D eigenvalue weighted by molar-refractivity contribution is 0.102. The Morgan fingerprint density at radius 2 is 1.48 bits per heavy atom. The third kappa shape index (κ3) is 3.93. The first-order valence-corrected chi connectivity index (χ1v) is 8.50. The normalized spacial score (nSPS) is 11.5. The molecule has 1 amide bonds. The number of hydrogen-bond acceptors (Lipinski definition) is 4. The second-order valence-electron chi connectivity index (χ2n) is 5.89. The van der Waals surface area contributed by atoms with Crippen molar-refractivity contribution < 1.29 is 19.4 Å². The van der Waals surface area contributed by atoms with Crippen molar-refractivity contribution in [1.82, 2.24) is 0 Å². The molecule has 2 N–H and O–H groups in total. The first-order chi connectivity index (χ1) is 13.2. The summed E-state index contributed by atoms with van der Waals surface area (Å²) in [6.07, 6.45) is -1.09. The first-order valence-electron chi connectivity index (χ1n) is 8.50. The molecule has 5 heteroatoms. The smallest absolute Gasteiger partial charge is 0.256 e. The van der Waals surface area contributed by atoms with Gasteiger partial charge in [0.1, 0.15) is 17.6 Å². The van der Waals surface area contributed by atoms with Crippen LogP contribution in [0.4, 0.5) is 5.69 Å². The van der Waals surface area contributed by atoms with Crippen molar-refractivity contribution in [3.63, 3.8) is 0 Å². The number of amides is 1. The van der Waals surface area contributed by atoms with Gasteiger partial charge in [-0.05, 0) is 30.3 Å². The number of carbonyl (C=O) groups excluding carboxylic acids is 1. The Morgan fingerprint density at radius 1 is 0.852 bits per heavy atom. The molecule has 1 atom stereocenters. The number of aliphatic hydroxyl groups is 1. The van der Waals surface area contributed by atoms with E-state index in [4.69, 9.17) is 9.47 Å². The fourth-order valence-corrected chi connectivity index (χ4v) is 2.97. The highest BCUT2D eigenvalue weighted by atomic mass is 16.5. The summed E-state index contributed by atoms with van der Waals surface area (Å²) in [5, 5.41) is 13.9. The van der Waals surface area contributed by atoms with Crippen LogP contribution >= 0.6 is 0 Å². The summed E-state index contributed by atoms with van der Waals surface area (Å²) >= 11 is 0. The van der Waals surface area contributed by atoms with Crippen molar-refractivity contribution in [1.29, 1.82) is 0 Å². The highest BCUT2D eigenvalue weighted by Crippen LogP contribution is 2.37. The lowest BCUT2D eigenvalue weighted by atomic mass is 9.94. The van der Waals surface area contributed by atoms with Crippen LogP contribution in [0.25, 0.3) is 0 Å². The van der Waals surface area contributed by atoms with Gasteiger partial charge < -0.3 is 19.9 Å². The molecule has 3 aromatic rings. The second-order valence-corrected chi connectivity index (χ2v) is 5.89. The van der Waals surface area contributed by atoms with Crippen LogP contribution in [-0.4, -0.2) is 25.2 Å². The monoisotopic (exact) mass is 363 g/mol. The molecular weight excluding hydrogens is 342 g/mol. The summed E-state index contributed by atoms with van der Waals surface area (Å²) in [6.45, 7) is 0. The van der Waals surface area contributed by atoms with Crippen LogP contribution in [0, 0.1) is 0 Å². The van der Waals surface area contributed by atoms with E-state index in [0.717, 1.165) is 0 Å². The number of carbonyl (C=O) groups is 1. The molecule has 0 aromatic heterocycles. The zero-order valence-corrected chi connectivity index (χ0v) is 15.2. The summed E-state index contributed by atoms with van der Waals surface area (Å²) in [4.78, 5) is 12.9. The number of rotatable bonds is 6. The second kappa shape index (κ2) is 8.38. The van der Waals surface area contributed by atoms with Gasteiger partial charge in [-0.15, -0.1) is 0 Å². The van der Waals surface area contributed by atoms with E-state index in [0.29, 0.717) is 33.9 Å². The van der Waals surface area contributed by atoms with Gasteiger partial charge in [0.05, 0.1) is 14.2 Å². The molecular formula is C22H21NO4. The van der Waals surface area contributed by atoms with Gasteiger partial charge in [0.15, 0.2) is 0 Å². The summed E-state index contributed by atoms with van der Waals surface area (Å²) < 4.78 is 10.8. The Kier molecular flexibility index (Phi) is 5.74. The zero-order valence-electron chi connectivity index (χ0n) is 15.2. The molecule has 0 aliphatic rings. The molecule has 3 aromatic carbocycles. The highest BCUT2D eigenvalue weighted by Gasteiger charge is 2.25. The van der Waals surface area contributed by atoms with Crippen LogP contribution in [-0.2, 0) is 0 Å². The van der Waals surface area contributed by atoms with Crippen molar-refractivity contribution in [3.8, 4) is 11.5 Å². The van der Waals surface area contributed by atoms with Crippen LogP contribution in [0.1, 0.15) is 27.6 Å². The predicted molar refractivity (Wildman–Crippen MR) is 104 cm³/mol. The molecule has 0 heterocycles. The van der Waals surface area contributed by atoms with Crippen molar-refractivity contribution in [2.24, 2.45) is 0 Å². The van der Waals surface area contributed by atoms with Gasteiger partial charge in [-0.3, -0.25) is 4.79 Å². The van der Waals surface area contributed by atoms with Crippen LogP contribution < -0.4 is 14.8 Å². The van der Waals surface area contributed by atoms with Crippen LogP contribution in [0.5, 0.6) is 11.5 Å². The molecule has 0 radical (unpaired) electrons. The molecule has 0 bridgehead atoms. The summed E-state index contributed by atoms with van der Waals surface area (Å²) in [5.74, 6) is 0.628. The predicted octanol–water partition coefficient (Wildman–Crippen LogP) is 4.04. The van der Waals surface area contributed by atoms with E-state index in [9.17, 15) is 9.90 Å². The number of ether oxygens (including phenoxy) is 2. The SMILES string of the molecule is COc1ccccc1C(O)c1c(OC)cccc1C(=O)Nc1ccccc1. The van der Waals surface area contributed by atoms with E-state index in [1.54, 1.807) is 48.5 Å². The largest absolute Gasteiger partial charge is 0.496 e. The third-order valence-electron chi connectivity index (χ3n) is 4.27. The number of hydrogen-bond donors (Lipinski definition) is 2. The van der Waals surface area contributed by atoms with Crippen LogP contribution in [0.2, 0.25) is 0 Å². The van der Waals surface area contributed by atoms with Crippen molar-refractivity contribution in [2.45, 2.75) is 6.10 Å². The number of aliphatic hydroxyl groups excluding tert-OH is 1. The summed E-state index contributed by atoms with van der Waals surface area (Å²) in [6, 6.07) is 21.4. The molecule has 0 saturated carbocycles. The summed E-state index contributed by atoms with van der Waals surface area (Å²) in [5.41, 5.74) is 1.94. The molecule has 0 aliphatic carbocycles. The standard InChI is InChI=1S/C22H21NO4/c1-26-18-13-7-6-11-16(18)21(24)20-17(12-8-14-19(20)27-2)22(25)23-15-9-4-3-5-10-15/h3-14,21,24H,1-2H3,(H,23,25). The maximum absolute atomic E-state index is 12.9. The van der Waals surface area contributed by atoms with E-state index in [1.165, 1.54) is 14.2 Å². The Balaban J connectivity index is 2.05. The van der Waals surface area contributed by atoms with Crippen molar-refractivity contribution in [3.05, 3.63) is 89.5 Å². The number of benzene rings is 3. The average molecular weight is 363 g/mol. The lowest BCUT2D eigenvalue weighted by Crippen LogP contribution is -2.17. The number of methoxy groups -OCH3 is 2. The Hall–Kier alpha value is -3.31. The van der Waals surface area contributed by atoms with E-state index in [2.05, 4.69) is 5.32 Å². The average Bonchev–Trinajstić information content (AvgIpc) is 2.73. The summed E-state index contributed by atoms with van der Waals surface area (Å²) in [7, 11) is 3.05.